The Labute approximate surface area is 154 Å². The molecule has 3 rings (SSSR count). The maximum absolute atomic E-state index is 12.1. The molecule has 1 N–H and O–H groups in total. The Morgan fingerprint density at radius 2 is 2.00 bits per heavy atom. The van der Waals surface area contributed by atoms with Gasteiger partial charge in [-0.15, -0.1) is 16.9 Å². The van der Waals surface area contributed by atoms with Crippen LogP contribution in [0, 0.1) is 0 Å². The van der Waals surface area contributed by atoms with Crippen molar-refractivity contribution in [1.82, 2.24) is 10.2 Å². The summed E-state index contributed by atoms with van der Waals surface area (Å²) in [6, 6.07) is 14.9. The Bertz CT molecular complexity index is 865. The first-order chi connectivity index (χ1) is 12.1. The summed E-state index contributed by atoms with van der Waals surface area (Å²) in [5.74, 6) is 1.13. The molecular formula is C18H16ClN3O2S. The van der Waals surface area contributed by atoms with Crippen LogP contribution in [0.25, 0.3) is 0 Å². The van der Waals surface area contributed by atoms with Gasteiger partial charge < -0.3 is 4.42 Å². The van der Waals surface area contributed by atoms with Crippen molar-refractivity contribution in [2.45, 2.75) is 18.2 Å². The Balaban J connectivity index is 1.63. The van der Waals surface area contributed by atoms with Crippen LogP contribution in [0.15, 0.2) is 57.8 Å². The van der Waals surface area contributed by atoms with E-state index in [0.717, 1.165) is 11.3 Å². The molecule has 1 aromatic heterocycles. The van der Waals surface area contributed by atoms with E-state index in [1.54, 1.807) is 36.0 Å². The van der Waals surface area contributed by atoms with E-state index in [4.69, 9.17) is 16.0 Å². The molecule has 7 heteroatoms. The molecule has 0 fully saturated rings. The van der Waals surface area contributed by atoms with Crippen LogP contribution >= 0.6 is 23.4 Å². The van der Waals surface area contributed by atoms with Gasteiger partial charge in [0.25, 0.3) is 5.91 Å². The van der Waals surface area contributed by atoms with E-state index < -0.39 is 0 Å². The minimum atomic E-state index is -0.348. The molecule has 25 heavy (non-hydrogen) atoms. The molecule has 128 valence electrons. The lowest BCUT2D eigenvalue weighted by Gasteiger charge is -2.01. The fraction of sp³-hybridized carbons (Fsp3) is 0.167. The number of thioether (sulfide) groups is 1. The molecule has 0 bridgehead atoms. The summed E-state index contributed by atoms with van der Waals surface area (Å²) in [6.07, 6.45) is 0.511. The summed E-state index contributed by atoms with van der Waals surface area (Å²) >= 11 is 7.68. The number of aromatic nitrogens is 2. The summed E-state index contributed by atoms with van der Waals surface area (Å²) in [5.41, 5.74) is 1.49. The zero-order valence-electron chi connectivity index (χ0n) is 13.5. The third-order valence-corrected chi connectivity index (χ3v) is 4.49. The third-order valence-electron chi connectivity index (χ3n) is 3.36. The van der Waals surface area contributed by atoms with Crippen molar-refractivity contribution in [2.24, 2.45) is 0 Å². The van der Waals surface area contributed by atoms with Crippen molar-refractivity contribution in [1.29, 1.82) is 0 Å². The molecule has 0 spiro atoms. The second kappa shape index (κ2) is 8.18. The van der Waals surface area contributed by atoms with E-state index in [0.29, 0.717) is 22.9 Å². The number of amides is 1. The number of halogens is 1. The van der Waals surface area contributed by atoms with Crippen LogP contribution < -0.4 is 5.32 Å². The van der Waals surface area contributed by atoms with Crippen LogP contribution in [0.1, 0.15) is 28.7 Å². The molecule has 0 unspecified atom stereocenters. The quantitative estimate of drug-likeness (QED) is 0.635. The second-order valence-corrected chi connectivity index (χ2v) is 6.99. The van der Waals surface area contributed by atoms with Crippen LogP contribution in [0.3, 0.4) is 0 Å². The van der Waals surface area contributed by atoms with Crippen LogP contribution in [0.5, 0.6) is 0 Å². The number of carbonyl (C=O) groups is 1. The number of rotatable bonds is 6. The second-order valence-electron chi connectivity index (χ2n) is 5.22. The highest BCUT2D eigenvalue weighted by Gasteiger charge is 2.12. The van der Waals surface area contributed by atoms with E-state index in [1.807, 2.05) is 12.1 Å². The number of anilines is 1. The van der Waals surface area contributed by atoms with Gasteiger partial charge in [-0.25, -0.2) is 0 Å². The molecule has 0 radical (unpaired) electrons. The van der Waals surface area contributed by atoms with E-state index in [2.05, 4.69) is 34.6 Å². The van der Waals surface area contributed by atoms with Gasteiger partial charge in [0.2, 0.25) is 5.89 Å². The van der Waals surface area contributed by atoms with Gasteiger partial charge >= 0.3 is 6.01 Å². The van der Waals surface area contributed by atoms with Crippen LogP contribution in [-0.2, 0) is 6.42 Å². The summed E-state index contributed by atoms with van der Waals surface area (Å²) in [4.78, 5) is 13.4. The van der Waals surface area contributed by atoms with Gasteiger partial charge in [0.1, 0.15) is 0 Å². The summed E-state index contributed by atoms with van der Waals surface area (Å²) in [7, 11) is 0. The average molecular weight is 374 g/mol. The first-order valence-electron chi connectivity index (χ1n) is 7.75. The lowest BCUT2D eigenvalue weighted by atomic mass is 10.1. The minimum absolute atomic E-state index is 0.0677. The molecule has 1 heterocycles. The monoisotopic (exact) mass is 373 g/mol. The topological polar surface area (TPSA) is 68.0 Å². The summed E-state index contributed by atoms with van der Waals surface area (Å²) in [5, 5.41) is 10.9. The van der Waals surface area contributed by atoms with Crippen molar-refractivity contribution < 1.29 is 9.21 Å². The van der Waals surface area contributed by atoms with Gasteiger partial charge in [0, 0.05) is 15.5 Å². The molecule has 0 atom stereocenters. The zero-order chi connectivity index (χ0) is 17.6. The number of nitrogens with one attached hydrogen (secondary N) is 1. The van der Waals surface area contributed by atoms with Gasteiger partial charge in [-0.2, -0.15) is 0 Å². The standard InChI is InChI=1S/C18H16ClN3O2S/c1-2-25-15-8-6-12(7-9-15)10-16-21-22-18(24-16)20-17(23)13-4-3-5-14(19)11-13/h3-9,11H,2,10H2,1H3,(H,20,22,23). The molecule has 2 aromatic carbocycles. The highest BCUT2D eigenvalue weighted by molar-refractivity contribution is 7.99. The van der Waals surface area contributed by atoms with Crippen molar-refractivity contribution in [2.75, 3.05) is 11.1 Å². The van der Waals surface area contributed by atoms with E-state index >= 15 is 0 Å². The molecule has 0 aliphatic heterocycles. The summed E-state index contributed by atoms with van der Waals surface area (Å²) in [6.45, 7) is 2.12. The first kappa shape index (κ1) is 17.5. The number of nitrogens with zero attached hydrogens (tertiary/aromatic N) is 2. The number of hydrogen-bond acceptors (Lipinski definition) is 5. The van der Waals surface area contributed by atoms with E-state index in [-0.39, 0.29) is 11.9 Å². The number of hydrogen-bond donors (Lipinski definition) is 1. The molecular weight excluding hydrogens is 358 g/mol. The highest BCUT2D eigenvalue weighted by atomic mass is 35.5. The smallest absolute Gasteiger partial charge is 0.322 e. The molecule has 0 saturated heterocycles. The van der Waals surface area contributed by atoms with Crippen LogP contribution in [0.2, 0.25) is 5.02 Å². The zero-order valence-corrected chi connectivity index (χ0v) is 15.1. The van der Waals surface area contributed by atoms with Gasteiger partial charge in [0.15, 0.2) is 0 Å². The molecule has 3 aromatic rings. The number of carbonyl (C=O) groups excluding carboxylic acids is 1. The predicted molar refractivity (Wildman–Crippen MR) is 99.3 cm³/mol. The van der Waals surface area contributed by atoms with Crippen LogP contribution in [-0.4, -0.2) is 21.9 Å². The first-order valence-corrected chi connectivity index (χ1v) is 9.11. The largest absolute Gasteiger partial charge is 0.407 e. The lowest BCUT2D eigenvalue weighted by Crippen LogP contribution is -2.11. The van der Waals surface area contributed by atoms with Gasteiger partial charge in [-0.05, 0) is 41.6 Å². The maximum atomic E-state index is 12.1. The van der Waals surface area contributed by atoms with E-state index in [9.17, 15) is 4.79 Å². The predicted octanol–water partition coefficient (Wildman–Crippen LogP) is 4.68. The van der Waals surface area contributed by atoms with Gasteiger partial charge in [0.05, 0.1) is 6.42 Å². The van der Waals surface area contributed by atoms with Gasteiger partial charge in [-0.3, -0.25) is 10.1 Å². The van der Waals surface area contributed by atoms with Crippen molar-refractivity contribution in [3.8, 4) is 0 Å². The Kier molecular flexibility index (Phi) is 5.73. The van der Waals surface area contributed by atoms with Crippen LogP contribution in [0.4, 0.5) is 6.01 Å². The lowest BCUT2D eigenvalue weighted by molar-refractivity contribution is 0.102. The third kappa shape index (κ3) is 4.84. The molecule has 5 nitrogen and oxygen atoms in total. The normalized spacial score (nSPS) is 10.6. The SMILES string of the molecule is CCSc1ccc(Cc2nnc(NC(=O)c3cccc(Cl)c3)o2)cc1. The molecule has 0 aliphatic rings. The van der Waals surface area contributed by atoms with Crippen molar-refractivity contribution >= 4 is 35.3 Å². The average Bonchev–Trinajstić information content (AvgIpc) is 3.04. The molecule has 0 aliphatic carbocycles. The summed E-state index contributed by atoms with van der Waals surface area (Å²) < 4.78 is 5.50. The van der Waals surface area contributed by atoms with Gasteiger partial charge in [-0.1, -0.05) is 41.8 Å². The Morgan fingerprint density at radius 1 is 1.20 bits per heavy atom. The minimum Gasteiger partial charge on any atom is -0.407 e. The number of benzene rings is 2. The molecule has 1 amide bonds. The molecule has 0 saturated carbocycles. The Morgan fingerprint density at radius 3 is 2.72 bits per heavy atom. The van der Waals surface area contributed by atoms with E-state index in [1.165, 1.54) is 4.90 Å². The fourth-order valence-electron chi connectivity index (χ4n) is 2.22. The van der Waals surface area contributed by atoms with Crippen molar-refractivity contribution in [3.63, 3.8) is 0 Å². The highest BCUT2D eigenvalue weighted by Crippen LogP contribution is 2.19. The fourth-order valence-corrected chi connectivity index (χ4v) is 3.07. The maximum Gasteiger partial charge on any atom is 0.322 e. The van der Waals surface area contributed by atoms with Crippen molar-refractivity contribution in [3.05, 3.63) is 70.6 Å². The Hall–Kier alpha value is -2.31.